The minimum absolute atomic E-state index is 0.0861. The summed E-state index contributed by atoms with van der Waals surface area (Å²) < 4.78 is 16.0. The first-order chi connectivity index (χ1) is 13.9. The van der Waals surface area contributed by atoms with Gasteiger partial charge in [0.1, 0.15) is 17.6 Å². The predicted octanol–water partition coefficient (Wildman–Crippen LogP) is 1.49. The average Bonchev–Trinajstić information content (AvgIpc) is 3.23. The van der Waals surface area contributed by atoms with E-state index in [4.69, 9.17) is 14.2 Å². The highest BCUT2D eigenvalue weighted by Crippen LogP contribution is 2.46. The lowest BCUT2D eigenvalue weighted by molar-refractivity contribution is -0.159. The molecule has 1 unspecified atom stereocenters. The minimum atomic E-state index is -1.26. The van der Waals surface area contributed by atoms with Crippen LogP contribution in [0, 0.1) is 17.8 Å². The van der Waals surface area contributed by atoms with Gasteiger partial charge in [-0.2, -0.15) is 0 Å². The predicted molar refractivity (Wildman–Crippen MR) is 100 cm³/mol. The van der Waals surface area contributed by atoms with Crippen LogP contribution in [0.3, 0.4) is 0 Å². The molecule has 2 aliphatic rings. The third kappa shape index (κ3) is 3.76. The number of hydrogen-bond acceptors (Lipinski definition) is 7. The number of amides is 1. The third-order valence-electron chi connectivity index (χ3n) is 5.37. The normalized spacial score (nSPS) is 26.7. The lowest BCUT2D eigenvalue weighted by atomic mass is 9.77. The van der Waals surface area contributed by atoms with E-state index >= 15 is 0 Å². The molecule has 2 fully saturated rings. The van der Waals surface area contributed by atoms with Crippen molar-refractivity contribution in [2.75, 3.05) is 19.8 Å². The second kappa shape index (κ2) is 8.73. The molecule has 5 atom stereocenters. The monoisotopic (exact) mass is 403 g/mol. The van der Waals surface area contributed by atoms with Crippen LogP contribution in [0.2, 0.25) is 0 Å². The largest absolute Gasteiger partial charge is 0.465 e. The maximum absolute atomic E-state index is 13.3. The van der Waals surface area contributed by atoms with Crippen molar-refractivity contribution in [3.63, 3.8) is 0 Å². The van der Waals surface area contributed by atoms with Crippen molar-refractivity contribution in [3.8, 4) is 0 Å². The zero-order chi connectivity index (χ0) is 21.1. The van der Waals surface area contributed by atoms with Gasteiger partial charge in [0.2, 0.25) is 5.91 Å². The Labute approximate surface area is 169 Å². The number of benzene rings is 1. The number of ketones is 1. The molecule has 8 nitrogen and oxygen atoms in total. The molecule has 0 aliphatic carbocycles. The summed E-state index contributed by atoms with van der Waals surface area (Å²) in [7, 11) is 0. The fraction of sp³-hybridized carbons (Fsp3) is 0.524. The van der Waals surface area contributed by atoms with Crippen LogP contribution in [-0.2, 0) is 33.4 Å². The SMILES string of the molecule is CCOC(=O)C(C(C)=O)[C@H]1[C@H](C(=O)OCC)C(=O)N2[C@@H](c3ccccc3)OC[C@H]12. The molecule has 2 saturated heterocycles. The van der Waals surface area contributed by atoms with Crippen molar-refractivity contribution in [3.05, 3.63) is 35.9 Å². The highest BCUT2D eigenvalue weighted by Gasteiger charge is 2.62. The van der Waals surface area contributed by atoms with E-state index in [1.807, 2.05) is 30.3 Å². The second-order valence-electron chi connectivity index (χ2n) is 7.06. The van der Waals surface area contributed by atoms with E-state index in [1.165, 1.54) is 11.8 Å². The Morgan fingerprint density at radius 3 is 2.38 bits per heavy atom. The lowest BCUT2D eigenvalue weighted by Crippen LogP contribution is -2.43. The van der Waals surface area contributed by atoms with Crippen LogP contribution in [0.15, 0.2) is 30.3 Å². The molecule has 156 valence electrons. The van der Waals surface area contributed by atoms with Crippen molar-refractivity contribution in [2.24, 2.45) is 17.8 Å². The molecule has 0 radical (unpaired) electrons. The van der Waals surface area contributed by atoms with Gasteiger partial charge in [-0.05, 0) is 20.8 Å². The number of carbonyl (C=O) groups is 4. The number of ether oxygens (including phenoxy) is 3. The van der Waals surface area contributed by atoms with Crippen molar-refractivity contribution in [1.82, 2.24) is 4.90 Å². The summed E-state index contributed by atoms with van der Waals surface area (Å²) in [5, 5.41) is 0. The fourth-order valence-corrected chi connectivity index (χ4v) is 4.25. The number of rotatable bonds is 7. The van der Waals surface area contributed by atoms with Crippen molar-refractivity contribution < 1.29 is 33.4 Å². The molecule has 0 N–H and O–H groups in total. The summed E-state index contributed by atoms with van der Waals surface area (Å²) >= 11 is 0. The summed E-state index contributed by atoms with van der Waals surface area (Å²) in [5.41, 5.74) is 0.752. The van der Waals surface area contributed by atoms with Gasteiger partial charge in [-0.15, -0.1) is 0 Å². The van der Waals surface area contributed by atoms with Gasteiger partial charge in [-0.1, -0.05) is 30.3 Å². The van der Waals surface area contributed by atoms with Crippen molar-refractivity contribution in [2.45, 2.75) is 33.0 Å². The van der Waals surface area contributed by atoms with Crippen LogP contribution in [0.1, 0.15) is 32.6 Å². The topological polar surface area (TPSA) is 99.2 Å². The molecule has 2 aliphatic heterocycles. The fourth-order valence-electron chi connectivity index (χ4n) is 4.25. The van der Waals surface area contributed by atoms with Gasteiger partial charge in [-0.25, -0.2) is 0 Å². The molecule has 0 saturated carbocycles. The molecule has 0 aromatic heterocycles. The first-order valence-corrected chi connectivity index (χ1v) is 9.74. The standard InChI is InChI=1S/C21H25NO7/c1-4-27-20(25)15(12(3)23)16-14-11-29-19(13-9-7-6-8-10-13)22(14)18(24)17(16)21(26)28-5-2/h6-10,14-17,19H,4-5,11H2,1-3H3/t14-,15?,16+,17+,19-/m1/s1. The Morgan fingerprint density at radius 2 is 1.79 bits per heavy atom. The molecular weight excluding hydrogens is 378 g/mol. The molecule has 8 heteroatoms. The molecule has 0 bridgehead atoms. The number of fused-ring (bicyclic) bond motifs is 1. The van der Waals surface area contributed by atoms with Crippen LogP contribution in [-0.4, -0.2) is 54.4 Å². The molecule has 1 amide bonds. The van der Waals surface area contributed by atoms with Gasteiger partial charge in [0.15, 0.2) is 6.23 Å². The Morgan fingerprint density at radius 1 is 1.14 bits per heavy atom. The van der Waals surface area contributed by atoms with E-state index in [1.54, 1.807) is 13.8 Å². The number of nitrogens with zero attached hydrogens (tertiary/aromatic N) is 1. The van der Waals surface area contributed by atoms with E-state index in [2.05, 4.69) is 0 Å². The zero-order valence-electron chi connectivity index (χ0n) is 16.7. The number of esters is 2. The highest BCUT2D eigenvalue weighted by atomic mass is 16.5. The zero-order valence-corrected chi connectivity index (χ0v) is 16.7. The summed E-state index contributed by atoms with van der Waals surface area (Å²) in [6.07, 6.45) is -0.689. The first-order valence-electron chi connectivity index (χ1n) is 9.74. The van der Waals surface area contributed by atoms with Crippen LogP contribution in [0.25, 0.3) is 0 Å². The molecule has 0 spiro atoms. The van der Waals surface area contributed by atoms with Crippen molar-refractivity contribution in [1.29, 1.82) is 0 Å². The maximum Gasteiger partial charge on any atom is 0.318 e. The summed E-state index contributed by atoms with van der Waals surface area (Å²) in [6.45, 7) is 4.81. The number of carbonyl (C=O) groups excluding carboxylic acids is 4. The summed E-state index contributed by atoms with van der Waals surface area (Å²) in [6, 6.07) is 8.52. The van der Waals surface area contributed by atoms with E-state index < -0.39 is 53.7 Å². The summed E-state index contributed by atoms with van der Waals surface area (Å²) in [5.74, 6) is -5.85. The van der Waals surface area contributed by atoms with Gasteiger partial charge in [-0.3, -0.25) is 19.2 Å². The minimum Gasteiger partial charge on any atom is -0.465 e. The molecule has 1 aromatic rings. The van der Waals surface area contributed by atoms with E-state index in [0.717, 1.165) is 5.56 Å². The van der Waals surface area contributed by atoms with Gasteiger partial charge >= 0.3 is 11.9 Å². The number of hydrogen-bond donors (Lipinski definition) is 0. The van der Waals surface area contributed by atoms with Gasteiger partial charge in [0.05, 0.1) is 25.9 Å². The average molecular weight is 403 g/mol. The smallest absolute Gasteiger partial charge is 0.318 e. The molecule has 2 heterocycles. The van der Waals surface area contributed by atoms with Gasteiger partial charge < -0.3 is 19.1 Å². The Balaban J connectivity index is 2.03. The third-order valence-corrected chi connectivity index (χ3v) is 5.37. The number of Topliss-reactive ketones (excluding diaryl/α,β-unsaturated/α-hetero) is 1. The van der Waals surface area contributed by atoms with Gasteiger partial charge in [0, 0.05) is 11.5 Å². The molecular formula is C21H25NO7. The van der Waals surface area contributed by atoms with Crippen LogP contribution in [0.4, 0.5) is 0 Å². The summed E-state index contributed by atoms with van der Waals surface area (Å²) in [4.78, 5) is 52.4. The lowest BCUT2D eigenvalue weighted by Gasteiger charge is -2.26. The molecule has 1 aromatic carbocycles. The van der Waals surface area contributed by atoms with E-state index in [9.17, 15) is 19.2 Å². The first kappa shape index (κ1) is 21.0. The van der Waals surface area contributed by atoms with Crippen LogP contribution in [0.5, 0.6) is 0 Å². The quantitative estimate of drug-likeness (QED) is 0.502. The van der Waals surface area contributed by atoms with Crippen LogP contribution >= 0.6 is 0 Å². The van der Waals surface area contributed by atoms with Gasteiger partial charge in [0.25, 0.3) is 0 Å². The Hall–Kier alpha value is -2.74. The molecule has 29 heavy (non-hydrogen) atoms. The van der Waals surface area contributed by atoms with E-state index in [0.29, 0.717) is 0 Å². The van der Waals surface area contributed by atoms with Crippen molar-refractivity contribution >= 4 is 23.6 Å². The molecule has 3 rings (SSSR count). The Bertz CT molecular complexity index is 793. The highest BCUT2D eigenvalue weighted by molar-refractivity contribution is 6.05. The maximum atomic E-state index is 13.3. The van der Waals surface area contributed by atoms with E-state index in [-0.39, 0.29) is 19.8 Å². The van der Waals surface area contributed by atoms with Crippen LogP contribution < -0.4 is 0 Å². The Kier molecular flexibility index (Phi) is 6.32. The second-order valence-corrected chi connectivity index (χ2v) is 7.06.